The third kappa shape index (κ3) is 3.90. The summed E-state index contributed by atoms with van der Waals surface area (Å²) in [6.07, 6.45) is -0.195. The van der Waals surface area contributed by atoms with Crippen LogP contribution in [0, 0.1) is 21.4 Å². The van der Waals surface area contributed by atoms with Crippen molar-refractivity contribution in [1.29, 1.82) is 5.26 Å². The number of hydrogen-bond acceptors (Lipinski definition) is 6. The fraction of sp³-hybridized carbons (Fsp3) is 0.500. The third-order valence-electron chi connectivity index (χ3n) is 3.12. The Morgan fingerprint density at radius 3 is 3.00 bits per heavy atom. The number of benzene rings is 1. The Bertz CT molecular complexity index is 580. The number of hydrogen-bond donors (Lipinski definition) is 1. The van der Waals surface area contributed by atoms with Crippen molar-refractivity contribution in [2.75, 3.05) is 19.7 Å². The molecular weight excluding hydrogens is 274 g/mol. The molecule has 1 heterocycles. The lowest BCUT2D eigenvalue weighted by atomic mass is 10.1. The summed E-state index contributed by atoms with van der Waals surface area (Å²) >= 11 is 0. The van der Waals surface area contributed by atoms with Gasteiger partial charge in [0.25, 0.3) is 0 Å². The van der Waals surface area contributed by atoms with Crippen LogP contribution in [0.1, 0.15) is 19.4 Å². The SMILES string of the molecule is CC1(C)CNCC(COc2cc(C#N)ccc2[N+](=O)[O-])O1. The van der Waals surface area contributed by atoms with E-state index in [2.05, 4.69) is 5.32 Å². The monoisotopic (exact) mass is 291 g/mol. The molecule has 7 nitrogen and oxygen atoms in total. The van der Waals surface area contributed by atoms with E-state index in [1.54, 1.807) is 0 Å². The van der Waals surface area contributed by atoms with Crippen LogP contribution in [0.25, 0.3) is 0 Å². The Balaban J connectivity index is 2.08. The van der Waals surface area contributed by atoms with Crippen LogP contribution < -0.4 is 10.1 Å². The van der Waals surface area contributed by atoms with Gasteiger partial charge >= 0.3 is 5.69 Å². The van der Waals surface area contributed by atoms with Gasteiger partial charge in [0.1, 0.15) is 12.7 Å². The second-order valence-corrected chi connectivity index (χ2v) is 5.49. The highest BCUT2D eigenvalue weighted by Gasteiger charge is 2.29. The number of nitrogens with one attached hydrogen (secondary N) is 1. The van der Waals surface area contributed by atoms with Crippen molar-refractivity contribution in [2.45, 2.75) is 25.6 Å². The number of nitriles is 1. The number of morpholine rings is 1. The molecule has 0 saturated carbocycles. The zero-order valence-electron chi connectivity index (χ0n) is 12.0. The number of rotatable bonds is 4. The van der Waals surface area contributed by atoms with E-state index in [-0.39, 0.29) is 29.7 Å². The van der Waals surface area contributed by atoms with Gasteiger partial charge in [0.15, 0.2) is 5.75 Å². The summed E-state index contributed by atoms with van der Waals surface area (Å²) < 4.78 is 11.3. The van der Waals surface area contributed by atoms with Crippen LogP contribution in [0.5, 0.6) is 5.75 Å². The van der Waals surface area contributed by atoms with Crippen molar-refractivity contribution >= 4 is 5.69 Å². The molecule has 0 aliphatic carbocycles. The zero-order chi connectivity index (χ0) is 15.5. The lowest BCUT2D eigenvalue weighted by Crippen LogP contribution is -2.52. The minimum Gasteiger partial charge on any atom is -0.484 e. The van der Waals surface area contributed by atoms with Crippen molar-refractivity contribution in [3.8, 4) is 11.8 Å². The van der Waals surface area contributed by atoms with Crippen LogP contribution in [0.2, 0.25) is 0 Å². The fourth-order valence-corrected chi connectivity index (χ4v) is 2.19. The van der Waals surface area contributed by atoms with E-state index in [0.717, 1.165) is 6.54 Å². The molecular formula is C14H17N3O4. The molecule has 1 N–H and O–H groups in total. The van der Waals surface area contributed by atoms with Crippen molar-refractivity contribution < 1.29 is 14.4 Å². The molecule has 0 bridgehead atoms. The normalized spacial score (nSPS) is 20.5. The molecule has 7 heteroatoms. The molecule has 1 aromatic rings. The third-order valence-corrected chi connectivity index (χ3v) is 3.12. The average molecular weight is 291 g/mol. The van der Waals surface area contributed by atoms with Gasteiger partial charge in [-0.05, 0) is 19.9 Å². The first-order chi connectivity index (χ1) is 9.91. The Labute approximate surface area is 122 Å². The molecule has 112 valence electrons. The van der Waals surface area contributed by atoms with Gasteiger partial charge in [-0.15, -0.1) is 0 Å². The summed E-state index contributed by atoms with van der Waals surface area (Å²) in [5, 5.41) is 23.1. The van der Waals surface area contributed by atoms with Crippen LogP contribution in [-0.2, 0) is 4.74 Å². The highest BCUT2D eigenvalue weighted by Crippen LogP contribution is 2.28. The molecule has 21 heavy (non-hydrogen) atoms. The number of nitro groups is 1. The molecule has 1 fully saturated rings. The fourth-order valence-electron chi connectivity index (χ4n) is 2.19. The first-order valence-corrected chi connectivity index (χ1v) is 6.61. The minimum atomic E-state index is -0.527. The summed E-state index contributed by atoms with van der Waals surface area (Å²) in [5.74, 6) is 0.0889. The lowest BCUT2D eigenvalue weighted by molar-refractivity contribution is -0.386. The van der Waals surface area contributed by atoms with E-state index >= 15 is 0 Å². The maximum absolute atomic E-state index is 11.0. The largest absolute Gasteiger partial charge is 0.484 e. The van der Waals surface area contributed by atoms with E-state index < -0.39 is 4.92 Å². The molecule has 1 aliphatic rings. The van der Waals surface area contributed by atoms with E-state index in [1.807, 2.05) is 19.9 Å². The van der Waals surface area contributed by atoms with Crippen LogP contribution in [0.15, 0.2) is 18.2 Å². The minimum absolute atomic E-state index is 0.0889. The van der Waals surface area contributed by atoms with Gasteiger partial charge in [-0.1, -0.05) is 0 Å². The summed E-state index contributed by atoms with van der Waals surface area (Å²) in [5.41, 5.74) is -0.136. The lowest BCUT2D eigenvalue weighted by Gasteiger charge is -2.36. The highest BCUT2D eigenvalue weighted by atomic mass is 16.6. The van der Waals surface area contributed by atoms with Gasteiger partial charge in [0.05, 0.1) is 22.2 Å². The Hall–Kier alpha value is -2.17. The van der Waals surface area contributed by atoms with Crippen LogP contribution in [0.4, 0.5) is 5.69 Å². The van der Waals surface area contributed by atoms with Crippen LogP contribution in [-0.4, -0.2) is 36.3 Å². The maximum Gasteiger partial charge on any atom is 0.311 e. The number of ether oxygens (including phenoxy) is 2. The molecule has 1 atom stereocenters. The summed E-state index contributed by atoms with van der Waals surface area (Å²) in [6, 6.07) is 5.98. The summed E-state index contributed by atoms with van der Waals surface area (Å²) in [6.45, 7) is 5.48. The zero-order valence-corrected chi connectivity index (χ0v) is 12.0. The van der Waals surface area contributed by atoms with E-state index in [9.17, 15) is 10.1 Å². The molecule has 0 aromatic heterocycles. The second-order valence-electron chi connectivity index (χ2n) is 5.49. The standard InChI is InChI=1S/C14H17N3O4/c1-14(2)9-16-7-11(21-14)8-20-13-5-10(6-15)3-4-12(13)17(18)19/h3-5,11,16H,7-9H2,1-2H3. The Morgan fingerprint density at radius 1 is 1.62 bits per heavy atom. The second kappa shape index (κ2) is 6.08. The van der Waals surface area contributed by atoms with Crippen LogP contribution >= 0.6 is 0 Å². The van der Waals surface area contributed by atoms with Crippen molar-refractivity contribution in [3.05, 3.63) is 33.9 Å². The van der Waals surface area contributed by atoms with Gasteiger partial charge in [0, 0.05) is 25.2 Å². The van der Waals surface area contributed by atoms with E-state index in [1.165, 1.54) is 18.2 Å². The quantitative estimate of drug-likeness (QED) is 0.668. The van der Waals surface area contributed by atoms with Gasteiger partial charge in [-0.25, -0.2) is 0 Å². The topological polar surface area (TPSA) is 97.4 Å². The molecule has 1 aliphatic heterocycles. The van der Waals surface area contributed by atoms with Gasteiger partial charge in [-0.3, -0.25) is 10.1 Å². The van der Waals surface area contributed by atoms with Crippen LogP contribution in [0.3, 0.4) is 0 Å². The van der Waals surface area contributed by atoms with E-state index in [4.69, 9.17) is 14.7 Å². The van der Waals surface area contributed by atoms with Gasteiger partial charge in [-0.2, -0.15) is 5.26 Å². The molecule has 2 rings (SSSR count). The molecule has 1 aromatic carbocycles. The smallest absolute Gasteiger partial charge is 0.311 e. The van der Waals surface area contributed by atoms with Crippen molar-refractivity contribution in [3.63, 3.8) is 0 Å². The molecule has 1 saturated heterocycles. The maximum atomic E-state index is 11.0. The Morgan fingerprint density at radius 2 is 2.38 bits per heavy atom. The Kier molecular flexibility index (Phi) is 4.40. The first-order valence-electron chi connectivity index (χ1n) is 6.61. The predicted molar refractivity (Wildman–Crippen MR) is 75.1 cm³/mol. The predicted octanol–water partition coefficient (Wildman–Crippen LogP) is 1.61. The van der Waals surface area contributed by atoms with Crippen molar-refractivity contribution in [1.82, 2.24) is 5.32 Å². The van der Waals surface area contributed by atoms with E-state index in [0.29, 0.717) is 12.1 Å². The summed E-state index contributed by atoms with van der Waals surface area (Å²) in [4.78, 5) is 10.4. The molecule has 0 spiro atoms. The molecule has 0 radical (unpaired) electrons. The average Bonchev–Trinajstić information content (AvgIpc) is 2.43. The van der Waals surface area contributed by atoms with Crippen molar-refractivity contribution in [2.24, 2.45) is 0 Å². The molecule has 0 amide bonds. The number of nitro benzene ring substituents is 1. The van der Waals surface area contributed by atoms with Gasteiger partial charge < -0.3 is 14.8 Å². The molecule has 1 unspecified atom stereocenters. The number of nitrogens with zero attached hydrogens (tertiary/aromatic N) is 2. The first kappa shape index (κ1) is 15.2. The summed E-state index contributed by atoms with van der Waals surface area (Å²) in [7, 11) is 0. The highest BCUT2D eigenvalue weighted by molar-refractivity contribution is 5.51. The van der Waals surface area contributed by atoms with Gasteiger partial charge in [0.2, 0.25) is 0 Å².